The molecule has 4 aromatic carbocycles. The highest BCUT2D eigenvalue weighted by Gasteiger charge is 2.12. The molecule has 0 fully saturated rings. The van der Waals surface area contributed by atoms with Crippen molar-refractivity contribution in [2.75, 3.05) is 0 Å². The second-order valence-corrected chi connectivity index (χ2v) is 7.78. The van der Waals surface area contributed by atoms with Crippen molar-refractivity contribution >= 4 is 21.9 Å². The Balaban J connectivity index is 1.56. The van der Waals surface area contributed by atoms with Crippen LogP contribution in [0.1, 0.15) is 13.9 Å². The maximum atomic E-state index is 9.10. The van der Waals surface area contributed by atoms with E-state index in [-0.39, 0.29) is 0 Å². The minimum absolute atomic E-state index is 0.590. The number of benzene rings is 4. The van der Waals surface area contributed by atoms with E-state index in [2.05, 4.69) is 12.1 Å². The molecule has 0 N–H and O–H groups in total. The van der Waals surface area contributed by atoms with Crippen molar-refractivity contribution in [2.24, 2.45) is 0 Å². The number of furan rings is 1. The fourth-order valence-electron chi connectivity index (χ4n) is 4.13. The first-order valence-corrected chi connectivity index (χ1v) is 10.6. The zero-order valence-electron chi connectivity index (χ0n) is 19.3. The zero-order chi connectivity index (χ0) is 23.1. The molecular weight excluding hydrogens is 390 g/mol. The minimum Gasteiger partial charge on any atom is -0.456 e. The van der Waals surface area contributed by atoms with E-state index >= 15 is 0 Å². The summed E-state index contributed by atoms with van der Waals surface area (Å²) in [6.07, 6.45) is 0.0923. The normalized spacial score (nSPS) is 12.6. The van der Waals surface area contributed by atoms with E-state index in [1.165, 1.54) is 0 Å². The molecule has 0 unspecified atom stereocenters. The van der Waals surface area contributed by atoms with Crippen molar-refractivity contribution in [1.29, 1.82) is 0 Å². The molecule has 0 aliphatic carbocycles. The van der Waals surface area contributed by atoms with Gasteiger partial charge in [-0.1, -0.05) is 78.9 Å². The molecule has 2 heteroatoms. The molecule has 0 amide bonds. The molecule has 0 bridgehead atoms. The molecule has 0 aliphatic rings. The van der Waals surface area contributed by atoms with E-state index in [1.807, 2.05) is 97.1 Å². The third kappa shape index (κ3) is 3.36. The van der Waals surface area contributed by atoms with Crippen LogP contribution in [0.2, 0.25) is 0 Å². The van der Waals surface area contributed by atoms with Crippen LogP contribution < -0.4 is 0 Å². The average Bonchev–Trinajstić information content (AvgIpc) is 3.27. The van der Waals surface area contributed by atoms with Gasteiger partial charge in [-0.3, -0.25) is 4.98 Å². The van der Waals surface area contributed by atoms with Crippen molar-refractivity contribution in [3.05, 3.63) is 127 Å². The Morgan fingerprint density at radius 1 is 0.656 bits per heavy atom. The van der Waals surface area contributed by atoms with Crippen molar-refractivity contribution in [1.82, 2.24) is 4.98 Å². The van der Waals surface area contributed by atoms with Gasteiger partial charge in [0.1, 0.15) is 11.2 Å². The lowest BCUT2D eigenvalue weighted by Crippen LogP contribution is -1.96. The van der Waals surface area contributed by atoms with Crippen LogP contribution in [0.3, 0.4) is 0 Å². The summed E-state index contributed by atoms with van der Waals surface area (Å²) < 4.78 is 24.2. The van der Waals surface area contributed by atoms with Gasteiger partial charge in [-0.2, -0.15) is 0 Å². The summed E-state index contributed by atoms with van der Waals surface area (Å²) in [5.41, 5.74) is 6.24. The van der Waals surface area contributed by atoms with Gasteiger partial charge in [0.05, 0.1) is 5.69 Å². The molecule has 6 rings (SSSR count). The Bertz CT molecular complexity index is 1620. The van der Waals surface area contributed by atoms with E-state index in [9.17, 15) is 0 Å². The van der Waals surface area contributed by atoms with Gasteiger partial charge >= 0.3 is 0 Å². The highest BCUT2D eigenvalue weighted by molar-refractivity contribution is 6.06. The molecule has 0 atom stereocenters. The third-order valence-corrected chi connectivity index (χ3v) is 5.71. The van der Waals surface area contributed by atoms with Crippen LogP contribution in [0.5, 0.6) is 0 Å². The highest BCUT2D eigenvalue weighted by Crippen LogP contribution is 2.33. The lowest BCUT2D eigenvalue weighted by atomic mass is 9.94. The van der Waals surface area contributed by atoms with Crippen LogP contribution in [-0.2, 0) is 6.37 Å². The van der Waals surface area contributed by atoms with Gasteiger partial charge in [-0.25, -0.2) is 0 Å². The topological polar surface area (TPSA) is 26.0 Å². The standard InChI is InChI=1S/C30H21NO/c1-3-9-21(10-4-1)17-24-19-28(31-20-27(24)22-11-5-2-6-12-22)23-15-16-30-26(18-23)25-13-7-8-14-29(25)32-30/h1-16,18-20H,17H2/i17D2. The van der Waals surface area contributed by atoms with E-state index in [1.54, 1.807) is 6.20 Å². The van der Waals surface area contributed by atoms with Crippen molar-refractivity contribution in [2.45, 2.75) is 6.37 Å². The second-order valence-electron chi connectivity index (χ2n) is 7.78. The molecule has 2 aromatic heterocycles. The van der Waals surface area contributed by atoms with Gasteiger partial charge in [0.2, 0.25) is 0 Å². The Labute approximate surface area is 189 Å². The molecular formula is C30H21NO. The lowest BCUT2D eigenvalue weighted by molar-refractivity contribution is 0.669. The number of pyridine rings is 1. The fourth-order valence-corrected chi connectivity index (χ4v) is 4.13. The Morgan fingerprint density at radius 2 is 1.38 bits per heavy atom. The molecule has 152 valence electrons. The summed E-state index contributed by atoms with van der Waals surface area (Å²) in [6, 6.07) is 35.1. The van der Waals surface area contributed by atoms with E-state index in [0.717, 1.165) is 44.3 Å². The van der Waals surface area contributed by atoms with Crippen molar-refractivity contribution in [3.63, 3.8) is 0 Å². The summed E-state index contributed by atoms with van der Waals surface area (Å²) in [5.74, 6) is 0. The van der Waals surface area contributed by atoms with Gasteiger partial charge in [0, 0.05) is 30.8 Å². The van der Waals surface area contributed by atoms with Crippen LogP contribution in [0, 0.1) is 0 Å². The number of rotatable bonds is 4. The van der Waals surface area contributed by atoms with Gasteiger partial charge in [0.25, 0.3) is 0 Å². The minimum atomic E-state index is -1.70. The Morgan fingerprint density at radius 3 is 2.22 bits per heavy atom. The van der Waals surface area contributed by atoms with Crippen LogP contribution >= 0.6 is 0 Å². The molecule has 6 aromatic rings. The summed E-state index contributed by atoms with van der Waals surface area (Å²) >= 11 is 0. The number of aromatic nitrogens is 1. The molecule has 32 heavy (non-hydrogen) atoms. The smallest absolute Gasteiger partial charge is 0.135 e. The van der Waals surface area contributed by atoms with Gasteiger partial charge in [-0.15, -0.1) is 0 Å². The number of hydrogen-bond donors (Lipinski definition) is 0. The van der Waals surface area contributed by atoms with E-state index < -0.39 is 6.37 Å². The molecule has 0 radical (unpaired) electrons. The maximum absolute atomic E-state index is 9.10. The SMILES string of the molecule is [2H]C([2H])(c1ccccc1)c1cc(-c2ccc3oc4ccccc4c3c2)ncc1-c1ccccc1. The highest BCUT2D eigenvalue weighted by atomic mass is 16.3. The fraction of sp³-hybridized carbons (Fsp3) is 0.0333. The second kappa shape index (κ2) is 7.82. The Kier molecular flexibility index (Phi) is 4.04. The quantitative estimate of drug-likeness (QED) is 0.293. The third-order valence-electron chi connectivity index (χ3n) is 5.71. The van der Waals surface area contributed by atoms with Crippen LogP contribution in [0.15, 0.2) is 120 Å². The van der Waals surface area contributed by atoms with Gasteiger partial charge in [-0.05, 0) is 53.4 Å². The lowest BCUT2D eigenvalue weighted by Gasteiger charge is -2.12. The monoisotopic (exact) mass is 413 g/mol. The summed E-state index contributed by atoms with van der Waals surface area (Å²) in [7, 11) is 0. The Hall–Kier alpha value is -4.17. The predicted molar refractivity (Wildman–Crippen MR) is 132 cm³/mol. The van der Waals surface area contributed by atoms with Crippen LogP contribution in [-0.4, -0.2) is 4.98 Å². The predicted octanol–water partition coefficient (Wildman–Crippen LogP) is 7.91. The van der Waals surface area contributed by atoms with Crippen LogP contribution in [0.25, 0.3) is 44.3 Å². The largest absolute Gasteiger partial charge is 0.456 e. The van der Waals surface area contributed by atoms with Gasteiger partial charge in [0.15, 0.2) is 0 Å². The van der Waals surface area contributed by atoms with Crippen LogP contribution in [0.4, 0.5) is 0 Å². The maximum Gasteiger partial charge on any atom is 0.135 e. The van der Waals surface area contributed by atoms with E-state index in [4.69, 9.17) is 12.1 Å². The molecule has 2 heterocycles. The number of nitrogens with zero attached hydrogens (tertiary/aromatic N) is 1. The molecule has 2 nitrogen and oxygen atoms in total. The van der Waals surface area contributed by atoms with Crippen molar-refractivity contribution < 1.29 is 7.16 Å². The van der Waals surface area contributed by atoms with E-state index in [0.29, 0.717) is 11.1 Å². The number of hydrogen-bond acceptors (Lipinski definition) is 2. The summed E-state index contributed by atoms with van der Waals surface area (Å²) in [4.78, 5) is 4.77. The molecule has 0 saturated carbocycles. The molecule has 0 aliphatic heterocycles. The number of fused-ring (bicyclic) bond motifs is 3. The first-order chi connectivity index (χ1) is 16.6. The zero-order valence-corrected chi connectivity index (χ0v) is 17.3. The van der Waals surface area contributed by atoms with Gasteiger partial charge < -0.3 is 4.42 Å². The van der Waals surface area contributed by atoms with Crippen molar-refractivity contribution in [3.8, 4) is 22.4 Å². The summed E-state index contributed by atoms with van der Waals surface area (Å²) in [5, 5.41) is 2.08. The average molecular weight is 414 g/mol. The number of para-hydroxylation sites is 1. The molecule has 0 saturated heterocycles. The summed E-state index contributed by atoms with van der Waals surface area (Å²) in [6.45, 7) is 0. The first-order valence-electron chi connectivity index (χ1n) is 11.6. The molecule has 0 spiro atoms. The first kappa shape index (κ1) is 16.5.